The van der Waals surface area contributed by atoms with Crippen molar-refractivity contribution in [3.63, 3.8) is 0 Å². The Bertz CT molecular complexity index is 280. The molecule has 1 aromatic carbocycles. The van der Waals surface area contributed by atoms with Gasteiger partial charge >= 0.3 is 0 Å². The Labute approximate surface area is 96.6 Å². The van der Waals surface area contributed by atoms with Crippen molar-refractivity contribution in [2.75, 3.05) is 39.6 Å². The van der Waals surface area contributed by atoms with Gasteiger partial charge in [-0.25, -0.2) is 0 Å². The number of rotatable bonds is 5. The summed E-state index contributed by atoms with van der Waals surface area (Å²) < 4.78 is 14.1. The maximum atomic E-state index is 5.63. The first kappa shape index (κ1) is 11.4. The van der Waals surface area contributed by atoms with Crippen molar-refractivity contribution in [3.05, 3.63) is 30.3 Å². The minimum Gasteiger partial charge on any atom is -0.493 e. The molecule has 0 radical (unpaired) electrons. The third-order valence-corrected chi connectivity index (χ3v) is 2.62. The van der Waals surface area contributed by atoms with Crippen molar-refractivity contribution < 1.29 is 13.8 Å². The Balaban J connectivity index is 1.58. The van der Waals surface area contributed by atoms with E-state index in [1.54, 1.807) is 0 Å². The van der Waals surface area contributed by atoms with Gasteiger partial charge in [-0.3, -0.25) is 0 Å². The maximum Gasteiger partial charge on any atom is 0.169 e. The molecule has 3 nitrogen and oxygen atoms in total. The van der Waals surface area contributed by atoms with Gasteiger partial charge in [0.1, 0.15) is 25.6 Å². The molecule has 88 valence electrons. The van der Waals surface area contributed by atoms with Crippen molar-refractivity contribution >= 4 is 0 Å². The quantitative estimate of drug-likeness (QED) is 0.562. The van der Waals surface area contributed by atoms with Crippen LogP contribution in [-0.4, -0.2) is 39.6 Å². The lowest BCUT2D eigenvalue weighted by atomic mass is 10.3. The molecule has 0 N–H and O–H groups in total. The predicted molar refractivity (Wildman–Crippen MR) is 63.1 cm³/mol. The van der Waals surface area contributed by atoms with Crippen molar-refractivity contribution in [2.45, 2.75) is 6.42 Å². The Morgan fingerprint density at radius 2 is 1.88 bits per heavy atom. The molecule has 3 heteroatoms. The van der Waals surface area contributed by atoms with E-state index < -0.39 is 0 Å². The van der Waals surface area contributed by atoms with Gasteiger partial charge in [0.05, 0.1) is 13.0 Å². The van der Waals surface area contributed by atoms with E-state index in [2.05, 4.69) is 4.37 Å². The lowest BCUT2D eigenvalue weighted by Crippen LogP contribution is -2.30. The van der Waals surface area contributed by atoms with Gasteiger partial charge in [0.25, 0.3) is 0 Å². The summed E-state index contributed by atoms with van der Waals surface area (Å²) in [6, 6.07) is 9.96. The van der Waals surface area contributed by atoms with E-state index in [4.69, 9.17) is 9.47 Å². The summed E-state index contributed by atoms with van der Waals surface area (Å²) in [4.78, 5) is 0. The number of ether oxygens (including phenoxy) is 2. The summed E-state index contributed by atoms with van der Waals surface area (Å²) in [5.74, 6) is 0.953. The van der Waals surface area contributed by atoms with Gasteiger partial charge in [-0.2, -0.15) is 0 Å². The topological polar surface area (TPSA) is 21.2 Å². The van der Waals surface area contributed by atoms with Crippen LogP contribution in [0, 0.1) is 0 Å². The zero-order chi connectivity index (χ0) is 11.1. The average Bonchev–Trinajstić information content (AvgIpc) is 2.37. The van der Waals surface area contributed by atoms with Crippen molar-refractivity contribution in [2.24, 2.45) is 0 Å². The van der Waals surface area contributed by atoms with Gasteiger partial charge in [0.15, 0.2) is 13.2 Å². The second-order valence-corrected chi connectivity index (χ2v) is 3.85. The van der Waals surface area contributed by atoms with Crippen LogP contribution >= 0.6 is 0 Å². The van der Waals surface area contributed by atoms with Gasteiger partial charge in [0, 0.05) is 0 Å². The molecule has 1 aromatic rings. The van der Waals surface area contributed by atoms with Crippen molar-refractivity contribution in [1.82, 2.24) is 0 Å². The van der Waals surface area contributed by atoms with E-state index >= 15 is 0 Å². The Morgan fingerprint density at radius 3 is 2.62 bits per heavy atom. The number of hydrogen-bond donors (Lipinski definition) is 0. The molecule has 1 aliphatic heterocycles. The first-order chi connectivity index (χ1) is 7.95. The lowest BCUT2D eigenvalue weighted by molar-refractivity contribution is -0.203. The molecule has 0 atom stereocenters. The zero-order valence-corrected chi connectivity index (χ0v) is 9.56. The fourth-order valence-electron chi connectivity index (χ4n) is 1.73. The average molecular weight is 223 g/mol. The second kappa shape index (κ2) is 6.51. The molecule has 0 bridgehead atoms. The smallest absolute Gasteiger partial charge is 0.169 e. The van der Waals surface area contributed by atoms with Gasteiger partial charge in [-0.1, -0.05) is 18.2 Å². The molecule has 2 rings (SSSR count). The fraction of sp³-hybridized carbons (Fsp3) is 0.538. The van der Waals surface area contributed by atoms with Crippen LogP contribution in [0.25, 0.3) is 0 Å². The van der Waals surface area contributed by atoms with Crippen LogP contribution in [0.2, 0.25) is 0 Å². The van der Waals surface area contributed by atoms with E-state index in [9.17, 15) is 0 Å². The molecule has 0 saturated carbocycles. The molecule has 0 amide bonds. The Kier molecular flexibility index (Phi) is 4.65. The minimum absolute atomic E-state index is 0.772. The highest BCUT2D eigenvalue weighted by molar-refractivity contribution is 5.20. The van der Waals surface area contributed by atoms with E-state index in [0.29, 0.717) is 0 Å². The third-order valence-electron chi connectivity index (χ3n) is 2.62. The highest BCUT2D eigenvalue weighted by Crippen LogP contribution is 2.09. The molecule has 0 spiro atoms. The molecule has 0 unspecified atom stereocenters. The summed E-state index contributed by atoms with van der Waals surface area (Å²) in [7, 11) is 0. The van der Waals surface area contributed by atoms with Crippen LogP contribution < -0.4 is 4.74 Å². The molecule has 16 heavy (non-hydrogen) atoms. The maximum absolute atomic E-state index is 5.63. The number of para-hydroxylation sites is 1. The monoisotopic (exact) mass is 223 g/mol. The third kappa shape index (κ3) is 3.83. The first-order valence-corrected chi connectivity index (χ1v) is 5.85. The molecule has 0 aromatic heterocycles. The van der Waals surface area contributed by atoms with Crippen LogP contribution in [0.15, 0.2) is 30.3 Å². The standard InChI is InChI=1S/C13H19O3/c1-2-5-13(6-3-1)15-7-4-10-16-11-8-14-9-12-16/h1-3,5-6H,4,7-12H2/q+1. The highest BCUT2D eigenvalue weighted by atomic mass is 16.7. The molecular weight excluding hydrogens is 204 g/mol. The minimum atomic E-state index is 0.772. The van der Waals surface area contributed by atoms with Crippen LogP contribution in [-0.2, 0) is 9.10 Å². The first-order valence-electron chi connectivity index (χ1n) is 5.85. The summed E-state index contributed by atoms with van der Waals surface area (Å²) in [6.45, 7) is 5.43. The zero-order valence-electron chi connectivity index (χ0n) is 9.56. The largest absolute Gasteiger partial charge is 0.493 e. The normalized spacial score (nSPS) is 17.2. The molecule has 1 heterocycles. The van der Waals surface area contributed by atoms with E-state index in [-0.39, 0.29) is 0 Å². The summed E-state index contributed by atoms with van der Waals surface area (Å²) >= 11 is 0. The van der Waals surface area contributed by atoms with Crippen LogP contribution in [0.4, 0.5) is 0 Å². The van der Waals surface area contributed by atoms with Crippen LogP contribution in [0.3, 0.4) is 0 Å². The number of hydrogen-bond acceptors (Lipinski definition) is 2. The highest BCUT2D eigenvalue weighted by Gasteiger charge is 2.14. The van der Waals surface area contributed by atoms with Gasteiger partial charge < -0.3 is 13.8 Å². The second-order valence-electron chi connectivity index (χ2n) is 3.85. The van der Waals surface area contributed by atoms with Crippen LogP contribution in [0.5, 0.6) is 5.75 Å². The molecule has 1 saturated heterocycles. The van der Waals surface area contributed by atoms with E-state index in [1.807, 2.05) is 30.3 Å². The Hall–Kier alpha value is -1.06. The van der Waals surface area contributed by atoms with Crippen LogP contribution in [0.1, 0.15) is 6.42 Å². The lowest BCUT2D eigenvalue weighted by Gasteiger charge is -2.23. The fourth-order valence-corrected chi connectivity index (χ4v) is 1.73. The summed E-state index contributed by atoms with van der Waals surface area (Å²) in [5.41, 5.74) is 0. The SMILES string of the molecule is c1ccc(OCCC[O+]2CCOCC2)cc1. The van der Waals surface area contributed by atoms with Crippen molar-refractivity contribution in [3.8, 4) is 5.75 Å². The predicted octanol–water partition coefficient (Wildman–Crippen LogP) is 2.04. The van der Waals surface area contributed by atoms with Gasteiger partial charge in [0.2, 0.25) is 0 Å². The van der Waals surface area contributed by atoms with Gasteiger partial charge in [-0.05, 0) is 12.1 Å². The molecule has 1 fully saturated rings. The number of benzene rings is 1. The van der Waals surface area contributed by atoms with E-state index in [0.717, 1.165) is 51.8 Å². The molecule has 1 aliphatic rings. The molecule has 0 aliphatic carbocycles. The van der Waals surface area contributed by atoms with Crippen molar-refractivity contribution in [1.29, 1.82) is 0 Å². The summed E-state index contributed by atoms with van der Waals surface area (Å²) in [6.07, 6.45) is 1.04. The Morgan fingerprint density at radius 1 is 1.12 bits per heavy atom. The summed E-state index contributed by atoms with van der Waals surface area (Å²) in [5, 5.41) is 0. The molecular formula is C13H19O3+. The van der Waals surface area contributed by atoms with Gasteiger partial charge in [-0.15, -0.1) is 0 Å². The van der Waals surface area contributed by atoms with E-state index in [1.165, 1.54) is 0 Å².